The normalized spacial score (nSPS) is 13.3. The zero-order chi connectivity index (χ0) is 12.7. The summed E-state index contributed by atoms with van der Waals surface area (Å²) in [5, 5.41) is 4.62. The van der Waals surface area contributed by atoms with Gasteiger partial charge in [-0.3, -0.25) is 4.98 Å². The highest BCUT2D eigenvalue weighted by atomic mass is 14.9. The first kappa shape index (κ1) is 10.6. The van der Waals surface area contributed by atoms with Gasteiger partial charge >= 0.3 is 0 Å². The molecule has 0 amide bonds. The van der Waals surface area contributed by atoms with Crippen LogP contribution in [-0.2, 0) is 6.42 Å². The summed E-state index contributed by atoms with van der Waals surface area (Å²) >= 11 is 0. The molecular weight excluding hydrogens is 232 g/mol. The number of benzene rings is 2. The van der Waals surface area contributed by atoms with Gasteiger partial charge in [0.05, 0.1) is 5.52 Å². The Morgan fingerprint density at radius 1 is 1.00 bits per heavy atom. The van der Waals surface area contributed by atoms with Gasteiger partial charge in [0.1, 0.15) is 0 Å². The Kier molecular flexibility index (Phi) is 2.27. The van der Waals surface area contributed by atoms with E-state index in [1.54, 1.807) is 0 Å². The lowest BCUT2D eigenvalue weighted by Crippen LogP contribution is -1.90. The van der Waals surface area contributed by atoms with Gasteiger partial charge in [0.2, 0.25) is 0 Å². The van der Waals surface area contributed by atoms with E-state index in [2.05, 4.69) is 52.8 Å². The highest BCUT2D eigenvalue weighted by Crippen LogP contribution is 2.33. The van der Waals surface area contributed by atoms with Gasteiger partial charge in [-0.05, 0) is 35.7 Å². The smallest absolute Gasteiger partial charge is 0.0702 e. The first-order valence-electron chi connectivity index (χ1n) is 6.63. The average Bonchev–Trinajstić information content (AvgIpc) is 2.95. The average molecular weight is 246 g/mol. The SMILES string of the molecule is c1cc2c(c(-c3cnc4ccccc4c3)c1)CCN2. The molecule has 2 aromatic carbocycles. The molecule has 0 spiro atoms. The van der Waals surface area contributed by atoms with Crippen LogP contribution in [0.1, 0.15) is 5.56 Å². The van der Waals surface area contributed by atoms with Crippen LogP contribution in [-0.4, -0.2) is 11.5 Å². The van der Waals surface area contributed by atoms with Crippen LogP contribution in [0.4, 0.5) is 5.69 Å². The molecule has 4 rings (SSSR count). The lowest BCUT2D eigenvalue weighted by molar-refractivity contribution is 1.11. The molecule has 92 valence electrons. The van der Waals surface area contributed by atoms with Crippen LogP contribution in [0.25, 0.3) is 22.0 Å². The molecule has 0 bridgehead atoms. The van der Waals surface area contributed by atoms with Crippen LogP contribution in [0.2, 0.25) is 0 Å². The zero-order valence-electron chi connectivity index (χ0n) is 10.6. The number of pyridine rings is 1. The maximum Gasteiger partial charge on any atom is 0.0702 e. The summed E-state index contributed by atoms with van der Waals surface area (Å²) < 4.78 is 0. The summed E-state index contributed by atoms with van der Waals surface area (Å²) in [6.45, 7) is 1.04. The van der Waals surface area contributed by atoms with Crippen molar-refractivity contribution in [3.05, 3.63) is 60.3 Å². The van der Waals surface area contributed by atoms with Gasteiger partial charge in [-0.15, -0.1) is 0 Å². The molecule has 0 saturated carbocycles. The number of rotatable bonds is 1. The van der Waals surface area contributed by atoms with Crippen molar-refractivity contribution in [3.63, 3.8) is 0 Å². The van der Waals surface area contributed by atoms with Crippen LogP contribution in [0.3, 0.4) is 0 Å². The number of fused-ring (bicyclic) bond motifs is 2. The summed E-state index contributed by atoms with van der Waals surface area (Å²) in [5.41, 5.74) is 6.25. The predicted octanol–water partition coefficient (Wildman–Crippen LogP) is 3.87. The van der Waals surface area contributed by atoms with Crippen LogP contribution in [0.5, 0.6) is 0 Å². The second kappa shape index (κ2) is 4.09. The summed E-state index contributed by atoms with van der Waals surface area (Å²) in [4.78, 5) is 4.56. The van der Waals surface area contributed by atoms with Crippen LogP contribution in [0.15, 0.2) is 54.7 Å². The van der Waals surface area contributed by atoms with Crippen molar-refractivity contribution in [1.82, 2.24) is 4.98 Å². The first-order chi connectivity index (χ1) is 9.42. The maximum absolute atomic E-state index is 4.56. The van der Waals surface area contributed by atoms with Crippen molar-refractivity contribution in [1.29, 1.82) is 0 Å². The minimum Gasteiger partial charge on any atom is -0.384 e. The highest BCUT2D eigenvalue weighted by molar-refractivity contribution is 5.85. The van der Waals surface area contributed by atoms with E-state index >= 15 is 0 Å². The fourth-order valence-corrected chi connectivity index (χ4v) is 2.83. The molecule has 0 saturated heterocycles. The van der Waals surface area contributed by atoms with Crippen molar-refractivity contribution in [3.8, 4) is 11.1 Å². The number of anilines is 1. The number of hydrogen-bond acceptors (Lipinski definition) is 2. The Bertz CT molecular complexity index is 762. The van der Waals surface area contributed by atoms with E-state index < -0.39 is 0 Å². The lowest BCUT2D eigenvalue weighted by Gasteiger charge is -2.08. The highest BCUT2D eigenvalue weighted by Gasteiger charge is 2.15. The first-order valence-corrected chi connectivity index (χ1v) is 6.63. The zero-order valence-corrected chi connectivity index (χ0v) is 10.6. The van der Waals surface area contributed by atoms with Gasteiger partial charge < -0.3 is 5.32 Å². The Morgan fingerprint density at radius 2 is 1.95 bits per heavy atom. The number of aromatic nitrogens is 1. The molecule has 1 aromatic heterocycles. The predicted molar refractivity (Wildman–Crippen MR) is 79.4 cm³/mol. The molecule has 0 radical (unpaired) electrons. The summed E-state index contributed by atoms with van der Waals surface area (Å²) in [6, 6.07) is 16.9. The van der Waals surface area contributed by atoms with Crippen molar-refractivity contribution < 1.29 is 0 Å². The molecule has 2 nitrogen and oxygen atoms in total. The second-order valence-corrected chi connectivity index (χ2v) is 4.93. The molecule has 0 aliphatic carbocycles. The van der Waals surface area contributed by atoms with E-state index in [4.69, 9.17) is 0 Å². The fraction of sp³-hybridized carbons (Fsp3) is 0.118. The summed E-state index contributed by atoms with van der Waals surface area (Å²) in [7, 11) is 0. The number of para-hydroxylation sites is 1. The summed E-state index contributed by atoms with van der Waals surface area (Å²) in [6.07, 6.45) is 3.08. The topological polar surface area (TPSA) is 24.9 Å². The van der Waals surface area contributed by atoms with E-state index in [9.17, 15) is 0 Å². The van der Waals surface area contributed by atoms with Crippen molar-refractivity contribution in [2.75, 3.05) is 11.9 Å². The molecule has 1 aliphatic heterocycles. The van der Waals surface area contributed by atoms with Gasteiger partial charge in [0.15, 0.2) is 0 Å². The molecule has 2 heteroatoms. The largest absolute Gasteiger partial charge is 0.384 e. The molecule has 1 N–H and O–H groups in total. The van der Waals surface area contributed by atoms with Crippen molar-refractivity contribution in [2.24, 2.45) is 0 Å². The van der Waals surface area contributed by atoms with E-state index in [1.165, 1.54) is 27.8 Å². The third-order valence-electron chi connectivity index (χ3n) is 3.77. The lowest BCUT2D eigenvalue weighted by atomic mass is 9.98. The fourth-order valence-electron chi connectivity index (χ4n) is 2.83. The van der Waals surface area contributed by atoms with Crippen LogP contribution >= 0.6 is 0 Å². The van der Waals surface area contributed by atoms with Gasteiger partial charge in [-0.1, -0.05) is 30.3 Å². The Labute approximate surface area is 112 Å². The van der Waals surface area contributed by atoms with E-state index in [0.717, 1.165) is 18.5 Å². The third-order valence-corrected chi connectivity index (χ3v) is 3.77. The quantitative estimate of drug-likeness (QED) is 0.705. The minimum absolute atomic E-state index is 1.04. The van der Waals surface area contributed by atoms with Gasteiger partial charge in [-0.25, -0.2) is 0 Å². The molecule has 0 atom stereocenters. The summed E-state index contributed by atoms with van der Waals surface area (Å²) in [5.74, 6) is 0. The van der Waals surface area contributed by atoms with Crippen LogP contribution in [0, 0.1) is 0 Å². The van der Waals surface area contributed by atoms with Gasteiger partial charge in [-0.2, -0.15) is 0 Å². The third kappa shape index (κ3) is 1.68. The Morgan fingerprint density at radius 3 is 2.95 bits per heavy atom. The van der Waals surface area contributed by atoms with E-state index in [-0.39, 0.29) is 0 Å². The second-order valence-electron chi connectivity index (χ2n) is 4.93. The van der Waals surface area contributed by atoms with Crippen LogP contribution < -0.4 is 5.32 Å². The molecule has 19 heavy (non-hydrogen) atoms. The van der Waals surface area contributed by atoms with E-state index in [1.807, 2.05) is 12.3 Å². The standard InChI is InChI=1S/C17H14N2/c1-2-6-16-12(4-1)10-13(11-19-16)14-5-3-7-17-15(14)8-9-18-17/h1-7,10-11,18H,8-9H2. The Balaban J connectivity index is 1.93. The van der Waals surface area contributed by atoms with Crippen molar-refractivity contribution >= 4 is 16.6 Å². The monoisotopic (exact) mass is 246 g/mol. The minimum atomic E-state index is 1.04. The molecule has 1 aliphatic rings. The molecule has 3 aromatic rings. The maximum atomic E-state index is 4.56. The number of hydrogen-bond donors (Lipinski definition) is 1. The van der Waals surface area contributed by atoms with E-state index in [0.29, 0.717) is 0 Å². The van der Waals surface area contributed by atoms with Gasteiger partial charge in [0.25, 0.3) is 0 Å². The molecule has 0 unspecified atom stereocenters. The molecular formula is C17H14N2. The molecule has 2 heterocycles. The number of nitrogens with zero attached hydrogens (tertiary/aromatic N) is 1. The van der Waals surface area contributed by atoms with Crippen molar-refractivity contribution in [2.45, 2.75) is 6.42 Å². The Hall–Kier alpha value is -2.35. The number of nitrogens with one attached hydrogen (secondary N) is 1. The van der Waals surface area contributed by atoms with Gasteiger partial charge in [0, 0.05) is 29.4 Å². The molecule has 0 fully saturated rings.